The Morgan fingerprint density at radius 2 is 2.05 bits per heavy atom. The maximum absolute atomic E-state index is 12.4. The van der Waals surface area contributed by atoms with Gasteiger partial charge in [0.2, 0.25) is 5.91 Å². The van der Waals surface area contributed by atoms with Gasteiger partial charge in [0.05, 0.1) is 5.92 Å². The topological polar surface area (TPSA) is 45.2 Å². The molecule has 1 atom stereocenters. The molecule has 4 nitrogen and oxygen atoms in total. The van der Waals surface area contributed by atoms with Gasteiger partial charge in [0.25, 0.3) is 0 Å². The number of hydrogen-bond donors (Lipinski definition) is 1. The number of aryl methyl sites for hydroxylation is 1. The van der Waals surface area contributed by atoms with Crippen molar-refractivity contribution in [2.45, 2.75) is 51.5 Å². The maximum atomic E-state index is 12.4. The summed E-state index contributed by atoms with van der Waals surface area (Å²) in [5.41, 5.74) is 1.17. The van der Waals surface area contributed by atoms with Crippen LogP contribution in [-0.4, -0.2) is 30.0 Å². The molecule has 1 aliphatic carbocycles. The van der Waals surface area contributed by atoms with Gasteiger partial charge >= 0.3 is 0 Å². The Morgan fingerprint density at radius 1 is 1.24 bits per heavy atom. The third kappa shape index (κ3) is 3.55. The van der Waals surface area contributed by atoms with Crippen molar-refractivity contribution in [2.24, 2.45) is 5.92 Å². The van der Waals surface area contributed by atoms with Gasteiger partial charge in [-0.2, -0.15) is 0 Å². The highest BCUT2D eigenvalue weighted by molar-refractivity contribution is 5.79. The largest absolute Gasteiger partial charge is 0.356 e. The lowest BCUT2D eigenvalue weighted by molar-refractivity contribution is -0.125. The molecule has 4 heteroatoms. The van der Waals surface area contributed by atoms with Crippen molar-refractivity contribution in [3.8, 4) is 0 Å². The minimum atomic E-state index is 0.113. The van der Waals surface area contributed by atoms with Gasteiger partial charge in [0, 0.05) is 25.3 Å². The number of pyridine rings is 1. The molecule has 21 heavy (non-hydrogen) atoms. The van der Waals surface area contributed by atoms with E-state index in [1.807, 2.05) is 13.1 Å². The van der Waals surface area contributed by atoms with Crippen LogP contribution in [0.4, 0.5) is 5.82 Å². The van der Waals surface area contributed by atoms with E-state index in [1.165, 1.54) is 18.4 Å². The molecule has 0 spiro atoms. The lowest BCUT2D eigenvalue weighted by atomic mass is 9.96. The normalized spacial score (nSPS) is 23.3. The Morgan fingerprint density at radius 3 is 2.76 bits per heavy atom. The van der Waals surface area contributed by atoms with Crippen molar-refractivity contribution in [3.63, 3.8) is 0 Å². The van der Waals surface area contributed by atoms with E-state index in [0.29, 0.717) is 6.04 Å². The summed E-state index contributed by atoms with van der Waals surface area (Å²) in [5, 5.41) is 3.24. The average Bonchev–Trinajstić information content (AvgIpc) is 3.01. The van der Waals surface area contributed by atoms with Crippen LogP contribution in [0.1, 0.15) is 44.1 Å². The summed E-state index contributed by atoms with van der Waals surface area (Å²) in [4.78, 5) is 19.2. The van der Waals surface area contributed by atoms with Gasteiger partial charge in [0.15, 0.2) is 0 Å². The van der Waals surface area contributed by atoms with E-state index in [4.69, 9.17) is 0 Å². The predicted molar refractivity (Wildman–Crippen MR) is 84.3 cm³/mol. The summed E-state index contributed by atoms with van der Waals surface area (Å²) >= 11 is 0. The van der Waals surface area contributed by atoms with Gasteiger partial charge in [0.1, 0.15) is 5.82 Å². The van der Waals surface area contributed by atoms with Crippen LogP contribution in [0.25, 0.3) is 0 Å². The Labute approximate surface area is 126 Å². The second-order valence-corrected chi connectivity index (χ2v) is 6.47. The Bertz CT molecular complexity index is 479. The van der Waals surface area contributed by atoms with Crippen molar-refractivity contribution in [1.82, 2.24) is 10.3 Å². The van der Waals surface area contributed by atoms with Crippen LogP contribution >= 0.6 is 0 Å². The molecule has 114 valence electrons. The third-order valence-corrected chi connectivity index (χ3v) is 4.71. The third-order valence-electron chi connectivity index (χ3n) is 4.71. The van der Waals surface area contributed by atoms with Gasteiger partial charge in [-0.25, -0.2) is 4.98 Å². The van der Waals surface area contributed by atoms with Gasteiger partial charge in [-0.3, -0.25) is 4.79 Å². The van der Waals surface area contributed by atoms with Crippen LogP contribution in [0.2, 0.25) is 0 Å². The van der Waals surface area contributed by atoms with Crippen LogP contribution in [0.5, 0.6) is 0 Å². The van der Waals surface area contributed by atoms with E-state index in [-0.39, 0.29) is 11.8 Å². The van der Waals surface area contributed by atoms with Crippen molar-refractivity contribution in [3.05, 3.63) is 23.9 Å². The second kappa shape index (κ2) is 6.46. The lowest BCUT2D eigenvalue weighted by Crippen LogP contribution is -2.45. The molecule has 2 aliphatic rings. The molecule has 2 fully saturated rings. The van der Waals surface area contributed by atoms with Crippen molar-refractivity contribution < 1.29 is 4.79 Å². The average molecular weight is 287 g/mol. The quantitative estimate of drug-likeness (QED) is 0.929. The Balaban J connectivity index is 1.59. The van der Waals surface area contributed by atoms with Crippen LogP contribution in [-0.2, 0) is 4.79 Å². The molecule has 1 N–H and O–H groups in total. The first-order valence-electron chi connectivity index (χ1n) is 8.20. The van der Waals surface area contributed by atoms with E-state index < -0.39 is 0 Å². The molecule has 1 saturated carbocycles. The molecule has 0 aromatic carbocycles. The first-order valence-corrected chi connectivity index (χ1v) is 8.20. The van der Waals surface area contributed by atoms with E-state index in [9.17, 15) is 4.79 Å². The van der Waals surface area contributed by atoms with Gasteiger partial charge in [-0.05, 0) is 44.2 Å². The lowest BCUT2D eigenvalue weighted by Gasteiger charge is -2.33. The first-order chi connectivity index (χ1) is 10.2. The highest BCUT2D eigenvalue weighted by Gasteiger charge is 2.28. The van der Waals surface area contributed by atoms with Crippen molar-refractivity contribution in [1.29, 1.82) is 0 Å². The smallest absolute Gasteiger partial charge is 0.225 e. The van der Waals surface area contributed by atoms with Gasteiger partial charge in [-0.1, -0.05) is 18.9 Å². The van der Waals surface area contributed by atoms with Crippen molar-refractivity contribution >= 4 is 11.7 Å². The number of anilines is 1. The molecule has 3 rings (SSSR count). The zero-order valence-corrected chi connectivity index (χ0v) is 12.8. The number of carbonyl (C=O) groups is 1. The fourth-order valence-electron chi connectivity index (χ4n) is 3.44. The molecule has 0 bridgehead atoms. The fraction of sp³-hybridized carbons (Fsp3) is 0.647. The van der Waals surface area contributed by atoms with E-state index in [0.717, 1.165) is 44.6 Å². The standard InChI is InChI=1S/C17H25N3O/c1-13-8-9-16(18-11-13)20-10-4-5-14(12-20)17(21)19-15-6-2-3-7-15/h8-9,11,14-15H,2-7,10,12H2,1H3,(H,19,21). The van der Waals surface area contributed by atoms with Crippen LogP contribution < -0.4 is 10.2 Å². The summed E-state index contributed by atoms with van der Waals surface area (Å²) in [6, 6.07) is 4.57. The van der Waals surface area contributed by atoms with Gasteiger partial charge in [-0.15, -0.1) is 0 Å². The number of piperidine rings is 1. The summed E-state index contributed by atoms with van der Waals surface area (Å²) in [6.07, 6.45) is 8.80. The van der Waals surface area contributed by atoms with E-state index >= 15 is 0 Å². The number of aromatic nitrogens is 1. The van der Waals surface area contributed by atoms with E-state index in [2.05, 4.69) is 27.3 Å². The van der Waals surface area contributed by atoms with Crippen molar-refractivity contribution in [2.75, 3.05) is 18.0 Å². The predicted octanol–water partition coefficient (Wildman–Crippen LogP) is 2.67. The van der Waals surface area contributed by atoms with Crippen LogP contribution in [0.3, 0.4) is 0 Å². The fourth-order valence-corrected chi connectivity index (χ4v) is 3.44. The van der Waals surface area contributed by atoms with E-state index in [1.54, 1.807) is 0 Å². The Kier molecular flexibility index (Phi) is 4.42. The number of nitrogens with one attached hydrogen (secondary N) is 1. The molecule has 0 radical (unpaired) electrons. The number of amides is 1. The van der Waals surface area contributed by atoms with Crippen LogP contribution in [0, 0.1) is 12.8 Å². The Hall–Kier alpha value is -1.58. The minimum Gasteiger partial charge on any atom is -0.356 e. The molecular weight excluding hydrogens is 262 g/mol. The highest BCUT2D eigenvalue weighted by Crippen LogP contribution is 2.23. The summed E-state index contributed by atoms with van der Waals surface area (Å²) in [5.74, 6) is 1.36. The number of hydrogen-bond acceptors (Lipinski definition) is 3. The number of carbonyl (C=O) groups excluding carboxylic acids is 1. The SMILES string of the molecule is Cc1ccc(N2CCCC(C(=O)NC3CCCC3)C2)nc1. The monoisotopic (exact) mass is 287 g/mol. The molecule has 1 aromatic rings. The maximum Gasteiger partial charge on any atom is 0.225 e. The number of nitrogens with zero attached hydrogens (tertiary/aromatic N) is 2. The molecule has 1 amide bonds. The molecule has 1 saturated heterocycles. The summed E-state index contributed by atoms with van der Waals surface area (Å²) in [7, 11) is 0. The second-order valence-electron chi connectivity index (χ2n) is 6.47. The zero-order valence-electron chi connectivity index (χ0n) is 12.8. The molecule has 1 unspecified atom stereocenters. The van der Waals surface area contributed by atoms with Crippen LogP contribution in [0.15, 0.2) is 18.3 Å². The molecular formula is C17H25N3O. The zero-order chi connectivity index (χ0) is 14.7. The summed E-state index contributed by atoms with van der Waals surface area (Å²) in [6.45, 7) is 3.85. The number of rotatable bonds is 3. The first kappa shape index (κ1) is 14.4. The molecule has 1 aromatic heterocycles. The molecule has 1 aliphatic heterocycles. The minimum absolute atomic E-state index is 0.113. The van der Waals surface area contributed by atoms with Gasteiger partial charge < -0.3 is 10.2 Å². The highest BCUT2D eigenvalue weighted by atomic mass is 16.2. The molecule has 2 heterocycles. The summed E-state index contributed by atoms with van der Waals surface area (Å²) < 4.78 is 0.